The van der Waals surface area contributed by atoms with Crippen molar-refractivity contribution < 1.29 is 0 Å². The van der Waals surface area contributed by atoms with Crippen molar-refractivity contribution in [2.45, 2.75) is 65.3 Å². The molecule has 0 aromatic heterocycles. The average molecular weight is 286 g/mol. The van der Waals surface area contributed by atoms with Gasteiger partial charge in [-0.1, -0.05) is 52.9 Å². The Kier molecular flexibility index (Phi) is 12.5. The maximum atomic E-state index is 6.04. The van der Waals surface area contributed by atoms with Crippen LogP contribution in [0.5, 0.6) is 0 Å². The van der Waals surface area contributed by atoms with Crippen LogP contribution < -0.4 is 5.73 Å². The summed E-state index contributed by atoms with van der Waals surface area (Å²) in [4.78, 5) is 4.88. The zero-order chi connectivity index (χ0) is 15.4. The largest absolute Gasteiger partial charge is 0.329 e. The fraction of sp³-hybridized carbons (Fsp3) is 1.00. The minimum absolute atomic E-state index is 0.568. The number of likely N-dealkylation sites (N-methyl/N-ethyl adjacent to an activating group) is 1. The predicted molar refractivity (Wildman–Crippen MR) is 91.2 cm³/mol. The summed E-state index contributed by atoms with van der Waals surface area (Å²) in [5.74, 6) is 0.714. The molecule has 3 heteroatoms. The van der Waals surface area contributed by atoms with Gasteiger partial charge in [0.15, 0.2) is 0 Å². The van der Waals surface area contributed by atoms with Gasteiger partial charge in [-0.2, -0.15) is 0 Å². The Bertz CT molecular complexity index is 204. The van der Waals surface area contributed by atoms with Crippen LogP contribution in [0.1, 0.15) is 59.3 Å². The van der Waals surface area contributed by atoms with Crippen molar-refractivity contribution in [3.8, 4) is 0 Å². The maximum Gasteiger partial charge on any atom is 0.0219 e. The van der Waals surface area contributed by atoms with Gasteiger partial charge >= 0.3 is 0 Å². The van der Waals surface area contributed by atoms with Crippen LogP contribution in [0.4, 0.5) is 0 Å². The molecule has 0 amide bonds. The highest BCUT2D eigenvalue weighted by Gasteiger charge is 2.17. The molecule has 0 aliphatic rings. The topological polar surface area (TPSA) is 32.5 Å². The van der Waals surface area contributed by atoms with Crippen molar-refractivity contribution in [3.05, 3.63) is 0 Å². The smallest absolute Gasteiger partial charge is 0.0219 e. The van der Waals surface area contributed by atoms with Crippen molar-refractivity contribution >= 4 is 0 Å². The Labute approximate surface area is 127 Å². The molecule has 20 heavy (non-hydrogen) atoms. The van der Waals surface area contributed by atoms with Crippen molar-refractivity contribution in [1.29, 1.82) is 0 Å². The Morgan fingerprint density at radius 1 is 0.950 bits per heavy atom. The fourth-order valence-electron chi connectivity index (χ4n) is 2.65. The second-order valence-electron chi connectivity index (χ2n) is 6.78. The van der Waals surface area contributed by atoms with Crippen molar-refractivity contribution in [1.82, 2.24) is 9.80 Å². The maximum absolute atomic E-state index is 6.04. The first-order chi connectivity index (χ1) is 9.51. The van der Waals surface area contributed by atoms with Gasteiger partial charge in [0.25, 0.3) is 0 Å². The Hall–Kier alpha value is -0.120. The van der Waals surface area contributed by atoms with Crippen LogP contribution in [-0.4, -0.2) is 56.1 Å². The van der Waals surface area contributed by atoms with E-state index >= 15 is 0 Å². The molecule has 2 N–H and O–H groups in total. The third-order valence-electron chi connectivity index (χ3n) is 3.86. The quantitative estimate of drug-likeness (QED) is 0.528. The van der Waals surface area contributed by atoms with E-state index in [0.717, 1.165) is 19.6 Å². The van der Waals surface area contributed by atoms with Gasteiger partial charge in [-0.25, -0.2) is 0 Å². The number of hydrogen-bond acceptors (Lipinski definition) is 3. The van der Waals surface area contributed by atoms with Gasteiger partial charge in [0, 0.05) is 32.2 Å². The van der Waals surface area contributed by atoms with E-state index in [1.54, 1.807) is 0 Å². The normalized spacial score (nSPS) is 13.7. The number of nitrogens with two attached hydrogens (primary N) is 1. The Morgan fingerprint density at radius 3 is 2.10 bits per heavy atom. The average Bonchev–Trinajstić information content (AvgIpc) is 2.38. The van der Waals surface area contributed by atoms with E-state index in [4.69, 9.17) is 5.73 Å². The molecular formula is C17H39N3. The molecule has 0 spiro atoms. The minimum Gasteiger partial charge on any atom is -0.329 e. The van der Waals surface area contributed by atoms with E-state index < -0.39 is 0 Å². The molecule has 0 aliphatic heterocycles. The van der Waals surface area contributed by atoms with Crippen molar-refractivity contribution in [3.63, 3.8) is 0 Å². The number of unbranched alkanes of at least 4 members (excludes halogenated alkanes) is 4. The third kappa shape index (κ3) is 10.6. The molecule has 0 heterocycles. The fourth-order valence-corrected chi connectivity index (χ4v) is 2.65. The van der Waals surface area contributed by atoms with Gasteiger partial charge in [0.05, 0.1) is 0 Å². The van der Waals surface area contributed by atoms with Gasteiger partial charge in [-0.3, -0.25) is 4.90 Å². The zero-order valence-electron chi connectivity index (χ0n) is 14.7. The van der Waals surface area contributed by atoms with Gasteiger partial charge < -0.3 is 10.6 Å². The summed E-state index contributed by atoms with van der Waals surface area (Å²) >= 11 is 0. The lowest BCUT2D eigenvalue weighted by Gasteiger charge is -2.33. The molecule has 0 fully saturated rings. The highest BCUT2D eigenvalue weighted by molar-refractivity contribution is 4.74. The molecule has 0 aliphatic carbocycles. The first-order valence-corrected chi connectivity index (χ1v) is 8.60. The number of rotatable bonds is 13. The lowest BCUT2D eigenvalue weighted by molar-refractivity contribution is 0.154. The summed E-state index contributed by atoms with van der Waals surface area (Å²) in [6, 6.07) is 0.568. The predicted octanol–water partition coefficient (Wildman–Crippen LogP) is 3.19. The molecule has 122 valence electrons. The number of hydrogen-bond donors (Lipinski definition) is 1. The molecule has 3 nitrogen and oxygen atoms in total. The standard InChI is InChI=1S/C17H39N3/c1-6-7-8-9-10-11-17(14-18)20(15-16(2)3)13-12-19(4)5/h16-17H,6-15,18H2,1-5H3. The molecule has 0 radical (unpaired) electrons. The van der Waals surface area contributed by atoms with E-state index in [1.165, 1.54) is 45.1 Å². The lowest BCUT2D eigenvalue weighted by atomic mass is 10.0. The molecule has 0 bridgehead atoms. The lowest BCUT2D eigenvalue weighted by Crippen LogP contribution is -2.45. The molecule has 0 aromatic rings. The molecule has 1 atom stereocenters. The highest BCUT2D eigenvalue weighted by atomic mass is 15.2. The van der Waals surface area contributed by atoms with Crippen molar-refractivity contribution in [2.24, 2.45) is 11.7 Å². The first kappa shape index (κ1) is 19.9. The van der Waals surface area contributed by atoms with Crippen LogP contribution in [0.15, 0.2) is 0 Å². The summed E-state index contributed by atoms with van der Waals surface area (Å²) in [7, 11) is 4.30. The van der Waals surface area contributed by atoms with Gasteiger partial charge in [-0.15, -0.1) is 0 Å². The minimum atomic E-state index is 0.568. The van der Waals surface area contributed by atoms with E-state index in [0.29, 0.717) is 12.0 Å². The van der Waals surface area contributed by atoms with Crippen LogP contribution in [0, 0.1) is 5.92 Å². The summed E-state index contributed by atoms with van der Waals surface area (Å²) < 4.78 is 0. The van der Waals surface area contributed by atoms with Crippen LogP contribution in [-0.2, 0) is 0 Å². The van der Waals surface area contributed by atoms with Crippen molar-refractivity contribution in [2.75, 3.05) is 40.3 Å². The molecular weight excluding hydrogens is 246 g/mol. The van der Waals surface area contributed by atoms with E-state index in [-0.39, 0.29) is 0 Å². The summed E-state index contributed by atoms with van der Waals surface area (Å²) in [5, 5.41) is 0. The Morgan fingerprint density at radius 2 is 1.60 bits per heavy atom. The van der Waals surface area contributed by atoms with E-state index in [2.05, 4.69) is 44.7 Å². The monoisotopic (exact) mass is 285 g/mol. The second-order valence-corrected chi connectivity index (χ2v) is 6.78. The zero-order valence-corrected chi connectivity index (χ0v) is 14.7. The summed E-state index contributed by atoms with van der Waals surface area (Å²) in [6.07, 6.45) is 8.05. The van der Waals surface area contributed by atoms with Crippen LogP contribution >= 0.6 is 0 Å². The summed E-state index contributed by atoms with van der Waals surface area (Å²) in [6.45, 7) is 11.1. The third-order valence-corrected chi connectivity index (χ3v) is 3.86. The molecule has 0 saturated carbocycles. The van der Waals surface area contributed by atoms with Crippen LogP contribution in [0.2, 0.25) is 0 Å². The molecule has 0 saturated heterocycles. The highest BCUT2D eigenvalue weighted by Crippen LogP contribution is 2.13. The second kappa shape index (κ2) is 12.6. The summed E-state index contributed by atoms with van der Waals surface area (Å²) in [5.41, 5.74) is 6.04. The Balaban J connectivity index is 4.18. The van der Waals surface area contributed by atoms with E-state index in [9.17, 15) is 0 Å². The molecule has 1 unspecified atom stereocenters. The van der Waals surface area contributed by atoms with E-state index in [1.807, 2.05) is 0 Å². The van der Waals surface area contributed by atoms with Gasteiger partial charge in [-0.05, 0) is 26.4 Å². The van der Waals surface area contributed by atoms with Gasteiger partial charge in [0.2, 0.25) is 0 Å². The van der Waals surface area contributed by atoms with Gasteiger partial charge in [0.1, 0.15) is 0 Å². The van der Waals surface area contributed by atoms with Crippen LogP contribution in [0.3, 0.4) is 0 Å². The first-order valence-electron chi connectivity index (χ1n) is 8.60. The SMILES string of the molecule is CCCCCCCC(CN)N(CCN(C)C)CC(C)C. The molecule has 0 rings (SSSR count). The number of nitrogens with zero attached hydrogens (tertiary/aromatic N) is 2. The van der Waals surface area contributed by atoms with Crippen LogP contribution in [0.25, 0.3) is 0 Å². The molecule has 0 aromatic carbocycles.